The van der Waals surface area contributed by atoms with E-state index >= 15 is 0 Å². The summed E-state index contributed by atoms with van der Waals surface area (Å²) in [7, 11) is -3.08. The van der Waals surface area contributed by atoms with Gasteiger partial charge in [0.25, 0.3) is 0 Å². The number of piperazine rings is 1. The number of aliphatic imine (C=N–C) groups is 1. The van der Waals surface area contributed by atoms with Gasteiger partial charge in [0, 0.05) is 42.5 Å². The molecule has 0 radical (unpaired) electrons. The summed E-state index contributed by atoms with van der Waals surface area (Å²) in [6, 6.07) is 17.6. The first-order chi connectivity index (χ1) is 23.4. The van der Waals surface area contributed by atoms with Gasteiger partial charge in [-0.3, -0.25) is 14.8 Å². The van der Waals surface area contributed by atoms with Crippen LogP contribution in [-0.4, -0.2) is 92.5 Å². The Hall–Kier alpha value is -3.03. The van der Waals surface area contributed by atoms with E-state index in [-0.39, 0.29) is 41.3 Å². The zero-order valence-corrected chi connectivity index (χ0v) is 31.9. The lowest BCUT2D eigenvalue weighted by molar-refractivity contribution is -0.153. The Kier molecular flexibility index (Phi) is 13.0. The number of ether oxygens (including phenoxy) is 1. The molecule has 0 spiro atoms. The Labute approximate surface area is 313 Å². The van der Waals surface area contributed by atoms with Gasteiger partial charge in [-0.15, -0.1) is 12.4 Å². The largest absolute Gasteiger partial charge is 0.483 e. The second kappa shape index (κ2) is 16.3. The molecule has 0 aromatic heterocycles. The number of urea groups is 1. The van der Waals surface area contributed by atoms with Crippen molar-refractivity contribution in [3.63, 3.8) is 0 Å². The fraction of sp³-hybridized carbons (Fsp3) is 0.444. The van der Waals surface area contributed by atoms with E-state index in [1.807, 2.05) is 51.1 Å². The third kappa shape index (κ3) is 10.5. The van der Waals surface area contributed by atoms with Gasteiger partial charge < -0.3 is 9.64 Å². The van der Waals surface area contributed by atoms with Gasteiger partial charge in [-0.05, 0) is 71.5 Å². The third-order valence-electron chi connectivity index (χ3n) is 8.81. The number of halogens is 6. The summed E-state index contributed by atoms with van der Waals surface area (Å²) in [6.07, 6.45) is -2.90. The smallest absolute Gasteiger partial charge is 0.422 e. The van der Waals surface area contributed by atoms with E-state index in [4.69, 9.17) is 32.9 Å². The van der Waals surface area contributed by atoms with Crippen molar-refractivity contribution in [2.45, 2.75) is 50.9 Å². The molecule has 0 saturated carbocycles. The minimum Gasteiger partial charge on any atom is -0.483 e. The molecule has 0 unspecified atom stereocenters. The molecular formula is C36H42Cl3F3N4O4S. The van der Waals surface area contributed by atoms with Crippen LogP contribution in [0.3, 0.4) is 0 Å². The highest BCUT2D eigenvalue weighted by Gasteiger charge is 2.45. The first-order valence-electron chi connectivity index (χ1n) is 16.3. The van der Waals surface area contributed by atoms with Gasteiger partial charge in [-0.2, -0.15) is 13.2 Å². The van der Waals surface area contributed by atoms with Gasteiger partial charge in [0.15, 0.2) is 6.61 Å². The number of nitrogens with zero attached hydrogens (tertiary/aromatic N) is 4. The molecule has 3 aromatic carbocycles. The first kappa shape index (κ1) is 40.7. The maximum Gasteiger partial charge on any atom is 0.422 e. The Morgan fingerprint density at radius 3 is 2.00 bits per heavy atom. The van der Waals surface area contributed by atoms with Crippen LogP contribution in [0.5, 0.6) is 5.75 Å². The standard InChI is InChI=1S/C36H41Cl2F3N4O4S.ClH/c1-35(2,3)26-10-15-29(30(22-26)49-23-36(39,40)41)33-42-31(24-6-11-27(37)12-7-24)32(25-8-13-28(38)14-9-25)45(33)34(46)44-19-17-43(18-20-44)16-5-21-50(4,47)48;/h6-15,22,31-32H,5,16-21,23H2,1-4H3;1H/t31-,32+;/m0./s1. The fourth-order valence-electron chi connectivity index (χ4n) is 6.17. The topological polar surface area (TPSA) is 82.5 Å². The van der Waals surface area contributed by atoms with Crippen molar-refractivity contribution in [2.75, 3.05) is 51.3 Å². The maximum absolute atomic E-state index is 14.8. The van der Waals surface area contributed by atoms with Gasteiger partial charge >= 0.3 is 12.2 Å². The fourth-order valence-corrected chi connectivity index (χ4v) is 7.08. The lowest BCUT2D eigenvalue weighted by Gasteiger charge is -2.39. The molecule has 2 heterocycles. The van der Waals surface area contributed by atoms with Crippen LogP contribution in [0.2, 0.25) is 10.0 Å². The van der Waals surface area contributed by atoms with Crippen molar-refractivity contribution in [1.29, 1.82) is 0 Å². The molecule has 15 heteroatoms. The van der Waals surface area contributed by atoms with E-state index in [1.165, 1.54) is 6.26 Å². The van der Waals surface area contributed by atoms with Crippen LogP contribution in [0.1, 0.15) is 61.5 Å². The van der Waals surface area contributed by atoms with Gasteiger partial charge in [0.1, 0.15) is 27.5 Å². The molecule has 0 N–H and O–H groups in total. The number of rotatable bonds is 9. The summed E-state index contributed by atoms with van der Waals surface area (Å²) in [5.74, 6) is 0.234. The predicted molar refractivity (Wildman–Crippen MR) is 198 cm³/mol. The predicted octanol–water partition coefficient (Wildman–Crippen LogP) is 8.37. The number of benzene rings is 3. The molecule has 1 saturated heterocycles. The number of sulfone groups is 1. The Morgan fingerprint density at radius 2 is 1.47 bits per heavy atom. The molecule has 1 fully saturated rings. The summed E-state index contributed by atoms with van der Waals surface area (Å²) >= 11 is 12.5. The van der Waals surface area contributed by atoms with Crippen molar-refractivity contribution < 1.29 is 31.1 Å². The summed E-state index contributed by atoms with van der Waals surface area (Å²) in [4.78, 5) is 25.3. The lowest BCUT2D eigenvalue weighted by atomic mass is 9.86. The zero-order valence-electron chi connectivity index (χ0n) is 28.8. The van der Waals surface area contributed by atoms with Crippen molar-refractivity contribution in [3.8, 4) is 5.75 Å². The zero-order chi connectivity index (χ0) is 36.4. The molecule has 0 bridgehead atoms. The van der Waals surface area contributed by atoms with Gasteiger partial charge in [-0.25, -0.2) is 13.2 Å². The van der Waals surface area contributed by atoms with E-state index in [0.717, 1.165) is 16.7 Å². The SMILES string of the molecule is CC(C)(C)c1ccc(C2=N[C@@H](c3ccc(Cl)cc3)[C@@H](c3ccc(Cl)cc3)N2C(=O)N2CCN(CCCS(C)(=O)=O)CC2)c(OCC(F)(F)F)c1.Cl. The van der Waals surface area contributed by atoms with E-state index < -0.39 is 40.1 Å². The number of amides is 2. The van der Waals surface area contributed by atoms with Crippen molar-refractivity contribution in [3.05, 3.63) is 99.0 Å². The molecule has 8 nitrogen and oxygen atoms in total. The average Bonchev–Trinajstić information content (AvgIpc) is 3.43. The monoisotopic (exact) mass is 788 g/mol. The van der Waals surface area contributed by atoms with Crippen LogP contribution < -0.4 is 4.74 Å². The Morgan fingerprint density at radius 1 is 0.902 bits per heavy atom. The van der Waals surface area contributed by atoms with E-state index in [2.05, 4.69) is 4.90 Å². The van der Waals surface area contributed by atoms with Gasteiger partial charge in [0.2, 0.25) is 0 Å². The Bertz CT molecular complexity index is 1810. The molecule has 51 heavy (non-hydrogen) atoms. The van der Waals surface area contributed by atoms with Crippen LogP contribution >= 0.6 is 35.6 Å². The van der Waals surface area contributed by atoms with Crippen molar-refractivity contribution in [2.24, 2.45) is 4.99 Å². The van der Waals surface area contributed by atoms with Gasteiger partial charge in [0.05, 0.1) is 17.4 Å². The van der Waals surface area contributed by atoms with Gasteiger partial charge in [-0.1, -0.05) is 74.3 Å². The summed E-state index contributed by atoms with van der Waals surface area (Å²) in [5, 5.41) is 1.02. The molecule has 2 atom stereocenters. The Balaban J connectivity index is 0.00000583. The first-order valence-corrected chi connectivity index (χ1v) is 19.1. The number of hydrogen-bond donors (Lipinski definition) is 0. The van der Waals surface area contributed by atoms with E-state index in [9.17, 15) is 26.4 Å². The highest BCUT2D eigenvalue weighted by atomic mass is 35.5. The van der Waals surface area contributed by atoms with Crippen LogP contribution in [-0.2, 0) is 15.3 Å². The molecule has 0 aliphatic carbocycles. The molecule has 2 amide bonds. The number of alkyl halides is 3. The number of carbonyl (C=O) groups excluding carboxylic acids is 1. The number of amidine groups is 1. The maximum atomic E-state index is 14.8. The molecule has 2 aliphatic rings. The molecular weight excluding hydrogens is 748 g/mol. The third-order valence-corrected chi connectivity index (χ3v) is 10.3. The van der Waals surface area contributed by atoms with Crippen LogP contribution in [0.25, 0.3) is 0 Å². The molecule has 2 aliphatic heterocycles. The molecule has 5 rings (SSSR count). The normalized spacial score (nSPS) is 18.7. The second-order valence-corrected chi connectivity index (χ2v) is 16.9. The summed E-state index contributed by atoms with van der Waals surface area (Å²) in [6.45, 7) is 6.70. The van der Waals surface area contributed by atoms with Crippen LogP contribution in [0.15, 0.2) is 71.7 Å². The second-order valence-electron chi connectivity index (χ2n) is 13.8. The van der Waals surface area contributed by atoms with Crippen LogP contribution in [0.4, 0.5) is 18.0 Å². The van der Waals surface area contributed by atoms with E-state index in [0.29, 0.717) is 49.2 Å². The minimum absolute atomic E-state index is 0. The molecule has 3 aromatic rings. The van der Waals surface area contributed by atoms with E-state index in [1.54, 1.807) is 46.2 Å². The van der Waals surface area contributed by atoms with Crippen LogP contribution in [0, 0.1) is 0 Å². The highest BCUT2D eigenvalue weighted by Crippen LogP contribution is 2.46. The van der Waals surface area contributed by atoms with Crippen molar-refractivity contribution in [1.82, 2.24) is 14.7 Å². The lowest BCUT2D eigenvalue weighted by Crippen LogP contribution is -2.54. The number of hydrogen-bond acceptors (Lipinski definition) is 6. The van der Waals surface area contributed by atoms with Crippen molar-refractivity contribution >= 4 is 57.3 Å². The quantitative estimate of drug-likeness (QED) is 0.218. The summed E-state index contributed by atoms with van der Waals surface area (Å²) < 4.78 is 69.4. The summed E-state index contributed by atoms with van der Waals surface area (Å²) in [5.41, 5.74) is 2.09. The average molecular weight is 790 g/mol. The minimum atomic E-state index is -4.60. The number of carbonyl (C=O) groups is 1. The molecule has 278 valence electrons. The highest BCUT2D eigenvalue weighted by molar-refractivity contribution is 7.90.